The van der Waals surface area contributed by atoms with Gasteiger partial charge in [0.1, 0.15) is 11.6 Å². The lowest BCUT2D eigenvalue weighted by molar-refractivity contribution is 0.414. The molecule has 112 valence electrons. The minimum atomic E-state index is -0.361. The molecule has 1 atom stereocenters. The van der Waals surface area contributed by atoms with Gasteiger partial charge in [-0.15, -0.1) is 0 Å². The van der Waals surface area contributed by atoms with Gasteiger partial charge in [-0.1, -0.05) is 23.7 Å². The van der Waals surface area contributed by atoms with Crippen molar-refractivity contribution in [2.24, 2.45) is 0 Å². The zero-order valence-corrected chi connectivity index (χ0v) is 14.1. The maximum atomic E-state index is 13.2. The van der Waals surface area contributed by atoms with Crippen LogP contribution in [-0.2, 0) is 6.42 Å². The van der Waals surface area contributed by atoms with Gasteiger partial charge in [-0.3, -0.25) is 0 Å². The molecule has 0 aliphatic heterocycles. The summed E-state index contributed by atoms with van der Waals surface area (Å²) in [4.78, 5) is 0. The van der Waals surface area contributed by atoms with E-state index in [0.29, 0.717) is 15.2 Å². The fourth-order valence-corrected chi connectivity index (χ4v) is 3.01. The smallest absolute Gasteiger partial charge is 0.125 e. The summed E-state index contributed by atoms with van der Waals surface area (Å²) < 4.78 is 19.0. The topological polar surface area (TPSA) is 21.3 Å². The van der Waals surface area contributed by atoms with E-state index in [1.807, 2.05) is 24.3 Å². The van der Waals surface area contributed by atoms with Crippen LogP contribution in [0.5, 0.6) is 5.75 Å². The van der Waals surface area contributed by atoms with Crippen LogP contribution in [0.2, 0.25) is 5.02 Å². The number of methoxy groups -OCH3 is 1. The summed E-state index contributed by atoms with van der Waals surface area (Å²) in [7, 11) is 1.65. The Morgan fingerprint density at radius 1 is 1.29 bits per heavy atom. The normalized spacial score (nSPS) is 12.0. The van der Waals surface area contributed by atoms with Gasteiger partial charge in [0.05, 0.1) is 17.8 Å². The lowest BCUT2D eigenvalue weighted by atomic mass is 10.1. The van der Waals surface area contributed by atoms with Crippen molar-refractivity contribution in [3.05, 3.63) is 57.3 Å². The summed E-state index contributed by atoms with van der Waals surface area (Å²) in [5, 5.41) is 3.67. The molecule has 1 unspecified atom stereocenters. The van der Waals surface area contributed by atoms with E-state index in [4.69, 9.17) is 16.3 Å². The average Bonchev–Trinajstić information content (AvgIpc) is 2.43. The van der Waals surface area contributed by atoms with Gasteiger partial charge in [-0.2, -0.15) is 0 Å². The van der Waals surface area contributed by atoms with Gasteiger partial charge in [0, 0.05) is 10.5 Å². The van der Waals surface area contributed by atoms with Crippen molar-refractivity contribution in [1.29, 1.82) is 0 Å². The highest BCUT2D eigenvalue weighted by atomic mass is 79.9. The molecule has 0 spiro atoms. The van der Waals surface area contributed by atoms with Crippen LogP contribution >= 0.6 is 27.5 Å². The summed E-state index contributed by atoms with van der Waals surface area (Å²) in [6.07, 6.45) is 0.824. The van der Waals surface area contributed by atoms with Crippen LogP contribution < -0.4 is 10.1 Å². The molecule has 1 N–H and O–H groups in total. The van der Waals surface area contributed by atoms with E-state index in [0.717, 1.165) is 12.2 Å². The second-order valence-electron chi connectivity index (χ2n) is 4.84. The molecule has 0 saturated carbocycles. The molecule has 21 heavy (non-hydrogen) atoms. The molecule has 2 nitrogen and oxygen atoms in total. The third-order valence-corrected chi connectivity index (χ3v) is 4.02. The first-order chi connectivity index (χ1) is 9.99. The van der Waals surface area contributed by atoms with E-state index in [9.17, 15) is 4.39 Å². The molecule has 0 aromatic heterocycles. The molecule has 0 heterocycles. The van der Waals surface area contributed by atoms with Crippen LogP contribution in [0.25, 0.3) is 0 Å². The molecular weight excluding hydrogens is 357 g/mol. The Labute approximate surface area is 137 Å². The first-order valence-corrected chi connectivity index (χ1v) is 7.70. The minimum absolute atomic E-state index is 0.151. The van der Waals surface area contributed by atoms with Crippen molar-refractivity contribution in [3.63, 3.8) is 0 Å². The van der Waals surface area contributed by atoms with E-state index < -0.39 is 0 Å². The molecule has 2 rings (SSSR count). The lowest BCUT2D eigenvalue weighted by Crippen LogP contribution is -2.18. The Hall–Kier alpha value is -1.26. The van der Waals surface area contributed by atoms with Crippen molar-refractivity contribution >= 4 is 33.2 Å². The minimum Gasteiger partial charge on any atom is -0.497 e. The van der Waals surface area contributed by atoms with E-state index in [1.54, 1.807) is 7.11 Å². The Balaban J connectivity index is 2.06. The highest BCUT2D eigenvalue weighted by molar-refractivity contribution is 9.10. The van der Waals surface area contributed by atoms with Gasteiger partial charge in [0.25, 0.3) is 0 Å². The third-order valence-electron chi connectivity index (χ3n) is 3.10. The molecule has 2 aromatic carbocycles. The standard InChI is InChI=1S/C16H16BrClFNO/c1-10(7-11-3-5-13(21-2)6-4-11)20-16-14(17)8-12(19)9-15(16)18/h3-6,8-10,20H,7H2,1-2H3. The maximum absolute atomic E-state index is 13.2. The number of halogens is 3. The van der Waals surface area contributed by atoms with Crippen molar-refractivity contribution in [1.82, 2.24) is 0 Å². The molecule has 2 aromatic rings. The maximum Gasteiger partial charge on any atom is 0.125 e. The second kappa shape index (κ2) is 7.14. The third kappa shape index (κ3) is 4.35. The van der Waals surface area contributed by atoms with Crippen LogP contribution in [0.1, 0.15) is 12.5 Å². The molecule has 0 bridgehead atoms. The summed E-state index contributed by atoms with van der Waals surface area (Å²) in [5.41, 5.74) is 1.89. The number of ether oxygens (including phenoxy) is 1. The van der Waals surface area contributed by atoms with E-state index in [2.05, 4.69) is 28.2 Å². The van der Waals surface area contributed by atoms with Gasteiger partial charge >= 0.3 is 0 Å². The SMILES string of the molecule is COc1ccc(CC(C)Nc2c(Cl)cc(F)cc2Br)cc1. The molecule has 0 saturated heterocycles. The first-order valence-electron chi connectivity index (χ1n) is 6.53. The number of benzene rings is 2. The Morgan fingerprint density at radius 2 is 1.95 bits per heavy atom. The first kappa shape index (κ1) is 16.1. The molecule has 5 heteroatoms. The Kier molecular flexibility index (Phi) is 5.48. The quantitative estimate of drug-likeness (QED) is 0.769. The second-order valence-corrected chi connectivity index (χ2v) is 6.10. The Bertz CT molecular complexity index is 595. The largest absolute Gasteiger partial charge is 0.497 e. The molecule has 0 radical (unpaired) electrons. The highest BCUT2D eigenvalue weighted by Crippen LogP contribution is 2.32. The van der Waals surface area contributed by atoms with Crippen LogP contribution in [0, 0.1) is 5.82 Å². The van der Waals surface area contributed by atoms with Crippen LogP contribution in [0.3, 0.4) is 0 Å². The predicted molar refractivity (Wildman–Crippen MR) is 88.9 cm³/mol. The lowest BCUT2D eigenvalue weighted by Gasteiger charge is -2.18. The molecular formula is C16H16BrClFNO. The number of hydrogen-bond acceptors (Lipinski definition) is 2. The molecule has 0 aliphatic rings. The summed E-state index contributed by atoms with van der Waals surface area (Å²) in [6.45, 7) is 2.05. The number of hydrogen-bond donors (Lipinski definition) is 1. The fraction of sp³-hybridized carbons (Fsp3) is 0.250. The predicted octanol–water partition coefficient (Wildman–Crippen LogP) is 5.29. The van der Waals surface area contributed by atoms with Crippen LogP contribution in [-0.4, -0.2) is 13.2 Å². The average molecular weight is 373 g/mol. The van der Waals surface area contributed by atoms with Crippen molar-refractivity contribution in [2.75, 3.05) is 12.4 Å². The summed E-state index contributed by atoms with van der Waals surface area (Å²) in [5.74, 6) is 0.476. The van der Waals surface area contributed by atoms with Gasteiger partial charge in [-0.05, 0) is 59.1 Å². The monoisotopic (exact) mass is 371 g/mol. The Morgan fingerprint density at radius 3 is 2.52 bits per heavy atom. The molecule has 0 fully saturated rings. The van der Waals surface area contributed by atoms with Gasteiger partial charge < -0.3 is 10.1 Å². The number of nitrogens with one attached hydrogen (secondary N) is 1. The van der Waals surface area contributed by atoms with Crippen LogP contribution in [0.15, 0.2) is 40.9 Å². The molecule has 0 amide bonds. The van der Waals surface area contributed by atoms with E-state index in [-0.39, 0.29) is 11.9 Å². The van der Waals surface area contributed by atoms with Gasteiger partial charge in [0.15, 0.2) is 0 Å². The molecule has 0 aliphatic carbocycles. The summed E-state index contributed by atoms with van der Waals surface area (Å²) >= 11 is 9.40. The van der Waals surface area contributed by atoms with Crippen molar-refractivity contribution in [2.45, 2.75) is 19.4 Å². The van der Waals surface area contributed by atoms with E-state index in [1.165, 1.54) is 17.7 Å². The van der Waals surface area contributed by atoms with Gasteiger partial charge in [-0.25, -0.2) is 4.39 Å². The zero-order chi connectivity index (χ0) is 15.4. The number of anilines is 1. The zero-order valence-electron chi connectivity index (χ0n) is 11.8. The van der Waals surface area contributed by atoms with Gasteiger partial charge in [0.2, 0.25) is 0 Å². The summed E-state index contributed by atoms with van der Waals surface area (Å²) in [6, 6.07) is 10.8. The highest BCUT2D eigenvalue weighted by Gasteiger charge is 2.11. The van der Waals surface area contributed by atoms with Crippen molar-refractivity contribution in [3.8, 4) is 5.75 Å². The van der Waals surface area contributed by atoms with Crippen LogP contribution in [0.4, 0.5) is 10.1 Å². The number of rotatable bonds is 5. The van der Waals surface area contributed by atoms with Crippen molar-refractivity contribution < 1.29 is 9.13 Å². The van der Waals surface area contributed by atoms with E-state index >= 15 is 0 Å². The fourth-order valence-electron chi connectivity index (χ4n) is 2.09.